The topological polar surface area (TPSA) is 0 Å². The van der Waals surface area contributed by atoms with E-state index in [9.17, 15) is 0 Å². The molecule has 0 radical (unpaired) electrons. The minimum absolute atomic E-state index is 0.245. The fraction of sp³-hybridized carbons (Fsp3) is 0.294. The molecular formula is C17H21ClN+. The zero-order valence-corrected chi connectivity index (χ0v) is 12.8. The van der Waals surface area contributed by atoms with Crippen molar-refractivity contribution in [3.05, 3.63) is 70.2 Å². The summed E-state index contributed by atoms with van der Waals surface area (Å²) in [5, 5.41) is 0.837. The summed E-state index contributed by atoms with van der Waals surface area (Å²) >= 11 is 6.42. The van der Waals surface area contributed by atoms with Crippen molar-refractivity contribution in [3.63, 3.8) is 0 Å². The Balaban J connectivity index is 2.62. The predicted molar refractivity (Wildman–Crippen MR) is 82.5 cm³/mol. The normalized spacial score (nSPS) is 13.3. The first-order chi connectivity index (χ1) is 8.91. The molecule has 0 heterocycles. The van der Waals surface area contributed by atoms with Crippen LogP contribution in [-0.4, -0.2) is 25.6 Å². The highest BCUT2D eigenvalue weighted by atomic mass is 35.5. The Labute approximate surface area is 121 Å². The maximum Gasteiger partial charge on any atom is 0.141 e. The summed E-state index contributed by atoms with van der Waals surface area (Å²) in [6, 6.07) is 16.9. The van der Waals surface area contributed by atoms with Gasteiger partial charge in [-0.05, 0) is 18.6 Å². The van der Waals surface area contributed by atoms with E-state index >= 15 is 0 Å². The summed E-state index contributed by atoms with van der Waals surface area (Å²) in [6.45, 7) is 2.16. The van der Waals surface area contributed by atoms with Gasteiger partial charge in [-0.25, -0.2) is 0 Å². The molecule has 0 saturated carbocycles. The van der Waals surface area contributed by atoms with Crippen molar-refractivity contribution in [2.24, 2.45) is 0 Å². The van der Waals surface area contributed by atoms with Crippen molar-refractivity contribution in [2.45, 2.75) is 13.0 Å². The number of hydrogen-bond donors (Lipinski definition) is 0. The lowest BCUT2D eigenvalue weighted by molar-refractivity contribution is -0.896. The molecule has 1 nitrogen and oxygen atoms in total. The monoisotopic (exact) mass is 274 g/mol. The van der Waals surface area contributed by atoms with Crippen molar-refractivity contribution in [3.8, 4) is 0 Å². The molecule has 0 aliphatic carbocycles. The highest BCUT2D eigenvalue weighted by Crippen LogP contribution is 2.36. The molecule has 0 fully saturated rings. The summed E-state index contributed by atoms with van der Waals surface area (Å²) in [7, 11) is 6.63. The van der Waals surface area contributed by atoms with Gasteiger partial charge in [-0.15, -0.1) is 0 Å². The van der Waals surface area contributed by atoms with E-state index < -0.39 is 0 Å². The van der Waals surface area contributed by atoms with Gasteiger partial charge >= 0.3 is 0 Å². The van der Waals surface area contributed by atoms with E-state index in [0.717, 1.165) is 9.51 Å². The molecule has 0 bridgehead atoms. The number of rotatable bonds is 3. The molecule has 0 spiro atoms. The second-order valence-electron chi connectivity index (χ2n) is 5.90. The Morgan fingerprint density at radius 3 is 1.89 bits per heavy atom. The molecule has 100 valence electrons. The Morgan fingerprint density at radius 2 is 1.37 bits per heavy atom. The molecule has 2 rings (SSSR count). The van der Waals surface area contributed by atoms with E-state index in [2.05, 4.69) is 64.5 Å². The summed E-state index contributed by atoms with van der Waals surface area (Å²) in [6.07, 6.45) is 0. The molecule has 1 atom stereocenters. The van der Waals surface area contributed by atoms with Gasteiger partial charge in [0.1, 0.15) is 6.04 Å². The predicted octanol–water partition coefficient (Wildman–Crippen LogP) is 4.44. The second-order valence-corrected chi connectivity index (χ2v) is 6.30. The summed E-state index contributed by atoms with van der Waals surface area (Å²) in [5.74, 6) is 0. The van der Waals surface area contributed by atoms with Gasteiger partial charge in [0, 0.05) is 11.1 Å². The van der Waals surface area contributed by atoms with Gasteiger partial charge < -0.3 is 4.48 Å². The second kappa shape index (κ2) is 5.36. The molecule has 2 heteroatoms. The first kappa shape index (κ1) is 14.1. The average molecular weight is 275 g/mol. The Bertz CT molecular complexity index is 524. The van der Waals surface area contributed by atoms with E-state index in [0.29, 0.717) is 0 Å². The third-order valence-corrected chi connectivity index (χ3v) is 3.80. The minimum Gasteiger partial charge on any atom is -0.321 e. The molecule has 0 amide bonds. The van der Waals surface area contributed by atoms with Gasteiger partial charge in [0.05, 0.1) is 26.2 Å². The molecule has 0 aliphatic rings. The highest BCUT2D eigenvalue weighted by Gasteiger charge is 2.30. The van der Waals surface area contributed by atoms with Crippen molar-refractivity contribution in [1.82, 2.24) is 0 Å². The average Bonchev–Trinajstić information content (AvgIpc) is 2.33. The van der Waals surface area contributed by atoms with Crippen LogP contribution in [0.2, 0.25) is 5.02 Å². The van der Waals surface area contributed by atoms with E-state index in [1.54, 1.807) is 0 Å². The maximum atomic E-state index is 6.42. The number of halogens is 1. The van der Waals surface area contributed by atoms with Crippen molar-refractivity contribution < 1.29 is 4.48 Å². The van der Waals surface area contributed by atoms with Crippen LogP contribution in [0.4, 0.5) is 0 Å². The van der Waals surface area contributed by atoms with Gasteiger partial charge in [0.25, 0.3) is 0 Å². The van der Waals surface area contributed by atoms with Gasteiger partial charge in [-0.1, -0.05) is 54.1 Å². The number of quaternary nitrogens is 1. The fourth-order valence-corrected chi connectivity index (χ4v) is 2.83. The van der Waals surface area contributed by atoms with E-state index in [-0.39, 0.29) is 6.04 Å². The first-order valence-corrected chi connectivity index (χ1v) is 6.90. The number of hydrogen-bond acceptors (Lipinski definition) is 0. The highest BCUT2D eigenvalue weighted by molar-refractivity contribution is 6.31. The minimum atomic E-state index is 0.245. The Hall–Kier alpha value is -1.31. The molecule has 19 heavy (non-hydrogen) atoms. The smallest absolute Gasteiger partial charge is 0.141 e. The molecule has 0 unspecified atom stereocenters. The number of benzene rings is 2. The van der Waals surface area contributed by atoms with Crippen LogP contribution >= 0.6 is 11.6 Å². The third-order valence-electron chi connectivity index (χ3n) is 3.46. The van der Waals surface area contributed by atoms with Crippen LogP contribution in [0.15, 0.2) is 48.5 Å². The fourth-order valence-electron chi connectivity index (χ4n) is 2.59. The van der Waals surface area contributed by atoms with Crippen molar-refractivity contribution in [1.29, 1.82) is 0 Å². The number of nitrogens with zero attached hydrogens (tertiary/aromatic N) is 1. The maximum absolute atomic E-state index is 6.42. The molecule has 0 saturated heterocycles. The third kappa shape index (κ3) is 2.99. The zero-order valence-electron chi connectivity index (χ0n) is 12.0. The Kier molecular flexibility index (Phi) is 3.98. The molecule has 2 aromatic rings. The van der Waals surface area contributed by atoms with Crippen LogP contribution < -0.4 is 0 Å². The SMILES string of the molecule is Cc1ccccc1[C@@H](c1ccccc1Cl)[N+](C)(C)C. The summed E-state index contributed by atoms with van der Waals surface area (Å²) in [4.78, 5) is 0. The lowest BCUT2D eigenvalue weighted by Gasteiger charge is -2.36. The van der Waals surface area contributed by atoms with Crippen LogP contribution in [0.5, 0.6) is 0 Å². The van der Waals surface area contributed by atoms with E-state index in [1.807, 2.05) is 12.1 Å². The molecule has 2 aromatic carbocycles. The Morgan fingerprint density at radius 1 is 0.842 bits per heavy atom. The quantitative estimate of drug-likeness (QED) is 0.726. The lowest BCUT2D eigenvalue weighted by Crippen LogP contribution is -2.39. The van der Waals surface area contributed by atoms with Crippen molar-refractivity contribution >= 4 is 11.6 Å². The zero-order chi connectivity index (χ0) is 14.0. The van der Waals surface area contributed by atoms with Gasteiger partial charge in [0.15, 0.2) is 0 Å². The molecular weight excluding hydrogens is 254 g/mol. The van der Waals surface area contributed by atoms with Gasteiger partial charge in [-0.3, -0.25) is 0 Å². The summed E-state index contributed by atoms with van der Waals surface area (Å²) < 4.78 is 0.814. The van der Waals surface area contributed by atoms with Gasteiger partial charge in [0.2, 0.25) is 0 Å². The van der Waals surface area contributed by atoms with E-state index in [1.165, 1.54) is 16.7 Å². The van der Waals surface area contributed by atoms with Crippen LogP contribution in [0.3, 0.4) is 0 Å². The van der Waals surface area contributed by atoms with Gasteiger partial charge in [-0.2, -0.15) is 0 Å². The van der Waals surface area contributed by atoms with Crippen LogP contribution in [0, 0.1) is 6.92 Å². The van der Waals surface area contributed by atoms with Crippen LogP contribution in [-0.2, 0) is 0 Å². The first-order valence-electron chi connectivity index (χ1n) is 6.52. The van der Waals surface area contributed by atoms with E-state index in [4.69, 9.17) is 11.6 Å². The molecule has 0 aliphatic heterocycles. The van der Waals surface area contributed by atoms with Crippen molar-refractivity contribution in [2.75, 3.05) is 21.1 Å². The number of aryl methyl sites for hydroxylation is 1. The largest absolute Gasteiger partial charge is 0.321 e. The lowest BCUT2D eigenvalue weighted by atomic mass is 9.93. The van der Waals surface area contributed by atoms with Crippen LogP contribution in [0.25, 0.3) is 0 Å². The molecule has 0 N–H and O–H groups in total. The molecule has 0 aromatic heterocycles. The van der Waals surface area contributed by atoms with Crippen LogP contribution in [0.1, 0.15) is 22.7 Å². The summed E-state index contributed by atoms with van der Waals surface area (Å²) in [5.41, 5.74) is 3.83. The standard InChI is InChI=1S/C17H21ClN/c1-13-9-5-6-10-14(13)17(19(2,3)4)15-11-7-8-12-16(15)18/h5-12,17H,1-4H3/q+1/t17-/m0/s1.